The van der Waals surface area contributed by atoms with Gasteiger partial charge in [0.05, 0.1) is 18.2 Å². The van der Waals surface area contributed by atoms with Gasteiger partial charge in [0, 0.05) is 22.4 Å². The Bertz CT molecular complexity index is 1450. The third-order valence-electron chi connectivity index (χ3n) is 6.27. The Labute approximate surface area is 194 Å². The summed E-state index contributed by atoms with van der Waals surface area (Å²) in [5.41, 5.74) is 2.37. The summed E-state index contributed by atoms with van der Waals surface area (Å²) in [7, 11) is 0. The van der Waals surface area contributed by atoms with Crippen molar-refractivity contribution in [2.24, 2.45) is 5.92 Å². The first-order valence-corrected chi connectivity index (χ1v) is 10.9. The highest BCUT2D eigenvalue weighted by Crippen LogP contribution is 2.34. The van der Waals surface area contributed by atoms with Gasteiger partial charge in [0.25, 0.3) is 0 Å². The molecule has 2 aromatic heterocycles. The molecule has 0 aliphatic heterocycles. The molecule has 2 heterocycles. The first kappa shape index (κ1) is 23.2. The van der Waals surface area contributed by atoms with Crippen molar-refractivity contribution in [2.45, 2.75) is 39.7 Å². The lowest BCUT2D eigenvalue weighted by Crippen LogP contribution is -2.45. The zero-order valence-corrected chi connectivity index (χ0v) is 19.0. The maximum Gasteiger partial charge on any atom is 0.340 e. The van der Waals surface area contributed by atoms with Gasteiger partial charge in [0.15, 0.2) is 0 Å². The Balaban J connectivity index is 1.74. The number of amides is 1. The molecule has 0 unspecified atom stereocenters. The van der Waals surface area contributed by atoms with Gasteiger partial charge >= 0.3 is 11.6 Å². The van der Waals surface area contributed by atoms with Crippen LogP contribution in [0.2, 0.25) is 0 Å². The standard InChI is InChI=1S/C26H24FNO6/c1-4-13(2)24(25(30)31)28-23(29)10-18-14(3)17-9-19-20(15-5-7-16(27)8-6-15)12-33-21(19)11-22(17)34-26(18)32/h5-9,11-13,24H,4,10H2,1-3H3,(H,28,29)(H,30,31)/t13-,24+/m0/s1. The van der Waals surface area contributed by atoms with E-state index < -0.39 is 23.5 Å². The number of furan rings is 1. The summed E-state index contributed by atoms with van der Waals surface area (Å²) in [5.74, 6) is -2.31. The molecule has 0 spiro atoms. The van der Waals surface area contributed by atoms with Crippen LogP contribution in [0.15, 0.2) is 56.3 Å². The molecule has 2 atom stereocenters. The molecule has 0 saturated carbocycles. The number of fused-ring (bicyclic) bond motifs is 2. The summed E-state index contributed by atoms with van der Waals surface area (Å²) in [6.45, 7) is 5.30. The van der Waals surface area contributed by atoms with Gasteiger partial charge in [-0.25, -0.2) is 14.0 Å². The molecule has 0 bridgehead atoms. The smallest absolute Gasteiger partial charge is 0.340 e. The minimum atomic E-state index is -1.12. The van der Waals surface area contributed by atoms with Gasteiger partial charge in [-0.3, -0.25) is 4.79 Å². The molecule has 4 rings (SSSR count). The van der Waals surface area contributed by atoms with Gasteiger partial charge in [-0.1, -0.05) is 32.4 Å². The van der Waals surface area contributed by atoms with Crippen molar-refractivity contribution in [1.82, 2.24) is 5.32 Å². The lowest BCUT2D eigenvalue weighted by Gasteiger charge is -2.20. The Morgan fingerprint density at radius 3 is 2.47 bits per heavy atom. The van der Waals surface area contributed by atoms with Crippen molar-refractivity contribution in [2.75, 3.05) is 0 Å². The van der Waals surface area contributed by atoms with E-state index in [2.05, 4.69) is 5.32 Å². The maximum atomic E-state index is 13.3. The second kappa shape index (κ2) is 9.13. The van der Waals surface area contributed by atoms with Crippen LogP contribution in [-0.4, -0.2) is 23.0 Å². The lowest BCUT2D eigenvalue weighted by atomic mass is 9.97. The summed E-state index contributed by atoms with van der Waals surface area (Å²) in [6.07, 6.45) is 1.82. The Hall–Kier alpha value is -3.94. The molecule has 2 N–H and O–H groups in total. The molecule has 0 aliphatic carbocycles. The fourth-order valence-corrected chi connectivity index (χ4v) is 4.04. The zero-order chi connectivity index (χ0) is 24.6. The third-order valence-corrected chi connectivity index (χ3v) is 6.27. The zero-order valence-electron chi connectivity index (χ0n) is 19.0. The molecular weight excluding hydrogens is 441 g/mol. The molecule has 7 nitrogen and oxygen atoms in total. The van der Waals surface area contributed by atoms with Crippen LogP contribution in [-0.2, 0) is 16.0 Å². The molecule has 4 aromatic rings. The summed E-state index contributed by atoms with van der Waals surface area (Å²) < 4.78 is 24.5. The largest absolute Gasteiger partial charge is 0.480 e. The first-order chi connectivity index (χ1) is 16.2. The molecule has 8 heteroatoms. The number of carboxylic acid groups (broad SMARTS) is 1. The Kier molecular flexibility index (Phi) is 6.24. The van der Waals surface area contributed by atoms with E-state index in [4.69, 9.17) is 8.83 Å². The normalized spacial score (nSPS) is 13.2. The number of halogens is 1. The second-order valence-electron chi connectivity index (χ2n) is 8.44. The highest BCUT2D eigenvalue weighted by Gasteiger charge is 2.26. The van der Waals surface area contributed by atoms with Crippen molar-refractivity contribution < 1.29 is 27.9 Å². The van der Waals surface area contributed by atoms with Crippen LogP contribution in [0, 0.1) is 18.7 Å². The fraction of sp³-hybridized carbons (Fsp3) is 0.269. The predicted molar refractivity (Wildman–Crippen MR) is 125 cm³/mol. The van der Waals surface area contributed by atoms with Crippen molar-refractivity contribution in [1.29, 1.82) is 0 Å². The number of carbonyl (C=O) groups is 2. The molecule has 2 aromatic carbocycles. The van der Waals surface area contributed by atoms with Crippen LogP contribution in [0.5, 0.6) is 0 Å². The minimum Gasteiger partial charge on any atom is -0.480 e. The van der Waals surface area contributed by atoms with Crippen molar-refractivity contribution in [3.63, 3.8) is 0 Å². The van der Waals surface area contributed by atoms with Gasteiger partial charge in [-0.05, 0) is 42.2 Å². The van der Waals surface area contributed by atoms with Crippen LogP contribution < -0.4 is 10.9 Å². The van der Waals surface area contributed by atoms with E-state index in [-0.39, 0.29) is 23.7 Å². The summed E-state index contributed by atoms with van der Waals surface area (Å²) in [4.78, 5) is 36.8. The number of rotatable bonds is 7. The van der Waals surface area contributed by atoms with Crippen LogP contribution in [0.1, 0.15) is 31.4 Å². The quantitative estimate of drug-likeness (QED) is 0.379. The molecule has 0 radical (unpaired) electrons. The van der Waals surface area contributed by atoms with E-state index in [9.17, 15) is 23.9 Å². The van der Waals surface area contributed by atoms with Gasteiger partial charge in [0.2, 0.25) is 5.91 Å². The minimum absolute atomic E-state index is 0.157. The molecule has 0 aliphatic rings. The number of hydrogen-bond donors (Lipinski definition) is 2. The van der Waals surface area contributed by atoms with Crippen LogP contribution in [0.25, 0.3) is 33.1 Å². The van der Waals surface area contributed by atoms with Crippen LogP contribution >= 0.6 is 0 Å². The van der Waals surface area contributed by atoms with Gasteiger partial charge in [-0.2, -0.15) is 0 Å². The average molecular weight is 465 g/mol. The van der Waals surface area contributed by atoms with E-state index in [1.54, 1.807) is 38.3 Å². The third kappa shape index (κ3) is 4.31. The first-order valence-electron chi connectivity index (χ1n) is 10.9. The van der Waals surface area contributed by atoms with Crippen LogP contribution in [0.3, 0.4) is 0 Å². The Morgan fingerprint density at radius 2 is 1.82 bits per heavy atom. The monoisotopic (exact) mass is 465 g/mol. The average Bonchev–Trinajstić information content (AvgIpc) is 3.21. The van der Waals surface area contributed by atoms with Crippen LogP contribution in [0.4, 0.5) is 4.39 Å². The number of carbonyl (C=O) groups excluding carboxylic acids is 1. The number of aliphatic carboxylic acids is 1. The summed E-state index contributed by atoms with van der Waals surface area (Å²) >= 11 is 0. The van der Waals surface area contributed by atoms with E-state index in [0.717, 1.165) is 16.5 Å². The predicted octanol–water partition coefficient (Wildman–Crippen LogP) is 4.81. The van der Waals surface area contributed by atoms with E-state index >= 15 is 0 Å². The van der Waals surface area contributed by atoms with Crippen molar-refractivity contribution in [3.8, 4) is 11.1 Å². The number of nitrogens with one attached hydrogen (secondary N) is 1. The fourth-order valence-electron chi connectivity index (χ4n) is 4.04. The molecular formula is C26H24FNO6. The molecule has 0 saturated heterocycles. The number of hydrogen-bond acceptors (Lipinski definition) is 5. The van der Waals surface area contributed by atoms with Gasteiger partial charge in [0.1, 0.15) is 23.0 Å². The number of aryl methyl sites for hydroxylation is 1. The van der Waals surface area contributed by atoms with Crippen molar-refractivity contribution in [3.05, 3.63) is 70.0 Å². The SMILES string of the molecule is CC[C@H](C)[C@@H](NC(=O)Cc1c(C)c2cc3c(-c4ccc(F)cc4)coc3cc2oc1=O)C(=O)O. The van der Waals surface area contributed by atoms with Gasteiger partial charge in [-0.15, -0.1) is 0 Å². The molecule has 176 valence electrons. The number of carboxylic acids is 1. The highest BCUT2D eigenvalue weighted by molar-refractivity contribution is 6.02. The lowest BCUT2D eigenvalue weighted by molar-refractivity contribution is -0.143. The highest BCUT2D eigenvalue weighted by atomic mass is 19.1. The number of benzene rings is 2. The molecule has 1 amide bonds. The van der Waals surface area contributed by atoms with Crippen molar-refractivity contribution >= 4 is 33.8 Å². The summed E-state index contributed by atoms with van der Waals surface area (Å²) in [5, 5.41) is 13.3. The topological polar surface area (TPSA) is 110 Å². The van der Waals surface area contributed by atoms with E-state index in [1.165, 1.54) is 12.1 Å². The Morgan fingerprint density at radius 1 is 1.12 bits per heavy atom. The second-order valence-corrected chi connectivity index (χ2v) is 8.44. The molecule has 0 fully saturated rings. The van der Waals surface area contributed by atoms with E-state index in [0.29, 0.717) is 28.5 Å². The van der Waals surface area contributed by atoms with Gasteiger partial charge < -0.3 is 19.3 Å². The molecule has 34 heavy (non-hydrogen) atoms. The van der Waals surface area contributed by atoms with E-state index in [1.807, 2.05) is 13.0 Å². The maximum absolute atomic E-state index is 13.3. The summed E-state index contributed by atoms with van der Waals surface area (Å²) in [6, 6.07) is 8.39.